The van der Waals surface area contributed by atoms with E-state index in [1.165, 1.54) is 0 Å². The molecule has 0 fully saturated rings. The van der Waals surface area contributed by atoms with Crippen LogP contribution in [0.4, 0.5) is 0 Å². The maximum atomic E-state index is 10.9. The number of hydrogen-bond acceptors (Lipinski definition) is 3. The molecule has 0 saturated heterocycles. The fraction of sp³-hybridized carbons (Fsp3) is 0.333. The molecule has 68 valence electrons. The minimum Gasteiger partial charge on any atom is -0.361 e. The molecular weight excluding hydrogens is 168 g/mol. The van der Waals surface area contributed by atoms with Crippen molar-refractivity contribution >= 4 is 5.91 Å². The molecule has 0 saturated carbocycles. The molecule has 1 N–H and O–H groups in total. The SMILES string of the molecule is CC#CC(=O)NCc1cc(C)on1. The highest BCUT2D eigenvalue weighted by molar-refractivity contribution is 5.93. The molecule has 0 aliphatic heterocycles. The first kappa shape index (κ1) is 9.33. The monoisotopic (exact) mass is 178 g/mol. The second kappa shape index (κ2) is 4.31. The summed E-state index contributed by atoms with van der Waals surface area (Å²) >= 11 is 0. The highest BCUT2D eigenvalue weighted by Crippen LogP contribution is 1.99. The van der Waals surface area contributed by atoms with Crippen LogP contribution in [0.1, 0.15) is 18.4 Å². The Morgan fingerprint density at radius 3 is 3.08 bits per heavy atom. The number of aromatic nitrogens is 1. The lowest BCUT2D eigenvalue weighted by Gasteiger charge is -1.94. The summed E-state index contributed by atoms with van der Waals surface area (Å²) < 4.78 is 4.82. The number of aryl methyl sites for hydroxylation is 1. The highest BCUT2D eigenvalue weighted by atomic mass is 16.5. The van der Waals surface area contributed by atoms with Crippen LogP contribution in [0.2, 0.25) is 0 Å². The Morgan fingerprint density at radius 1 is 1.77 bits per heavy atom. The van der Waals surface area contributed by atoms with Crippen molar-refractivity contribution in [1.82, 2.24) is 10.5 Å². The molecule has 0 aliphatic carbocycles. The van der Waals surface area contributed by atoms with Crippen LogP contribution < -0.4 is 5.32 Å². The molecule has 0 bridgehead atoms. The van der Waals surface area contributed by atoms with E-state index < -0.39 is 0 Å². The number of amides is 1. The quantitative estimate of drug-likeness (QED) is 0.675. The fourth-order valence-electron chi connectivity index (χ4n) is 0.830. The molecule has 0 atom stereocenters. The summed E-state index contributed by atoms with van der Waals surface area (Å²) in [5.74, 6) is 5.29. The van der Waals surface area contributed by atoms with Crippen molar-refractivity contribution in [1.29, 1.82) is 0 Å². The van der Waals surface area contributed by atoms with Gasteiger partial charge in [0, 0.05) is 6.07 Å². The summed E-state index contributed by atoms with van der Waals surface area (Å²) in [7, 11) is 0. The molecule has 4 heteroatoms. The highest BCUT2D eigenvalue weighted by Gasteiger charge is 2.00. The van der Waals surface area contributed by atoms with Crippen molar-refractivity contribution in [3.05, 3.63) is 17.5 Å². The Labute approximate surface area is 76.3 Å². The van der Waals surface area contributed by atoms with Crippen LogP contribution in [0.25, 0.3) is 0 Å². The Kier molecular flexibility index (Phi) is 3.09. The summed E-state index contributed by atoms with van der Waals surface area (Å²) in [6.45, 7) is 3.76. The summed E-state index contributed by atoms with van der Waals surface area (Å²) in [6, 6.07) is 1.76. The average molecular weight is 178 g/mol. The van der Waals surface area contributed by atoms with Crippen LogP contribution in [0, 0.1) is 18.8 Å². The third-order valence-electron chi connectivity index (χ3n) is 1.35. The molecular formula is C9H10N2O2. The predicted octanol–water partition coefficient (Wildman–Crippen LogP) is 0.623. The zero-order valence-corrected chi connectivity index (χ0v) is 7.55. The van der Waals surface area contributed by atoms with Gasteiger partial charge in [-0.3, -0.25) is 4.79 Å². The number of carbonyl (C=O) groups excluding carboxylic acids is 1. The van der Waals surface area contributed by atoms with Gasteiger partial charge in [-0.25, -0.2) is 0 Å². The summed E-state index contributed by atoms with van der Waals surface area (Å²) in [4.78, 5) is 10.9. The average Bonchev–Trinajstić information content (AvgIpc) is 2.49. The lowest BCUT2D eigenvalue weighted by Crippen LogP contribution is -2.20. The topological polar surface area (TPSA) is 55.1 Å². The molecule has 0 aliphatic rings. The first-order valence-corrected chi connectivity index (χ1v) is 3.85. The standard InChI is InChI=1S/C9H10N2O2/c1-3-4-9(12)10-6-8-5-7(2)13-11-8/h5H,6H2,1-2H3,(H,10,12). The Hall–Kier alpha value is -1.76. The smallest absolute Gasteiger partial charge is 0.296 e. The molecule has 0 spiro atoms. The third kappa shape index (κ3) is 2.99. The number of hydrogen-bond donors (Lipinski definition) is 1. The molecule has 1 aromatic heterocycles. The first-order valence-electron chi connectivity index (χ1n) is 3.85. The number of nitrogens with zero attached hydrogens (tertiary/aromatic N) is 1. The van der Waals surface area contributed by atoms with Crippen molar-refractivity contribution in [3.8, 4) is 11.8 Å². The normalized spacial score (nSPS) is 8.77. The summed E-state index contributed by atoms with van der Waals surface area (Å²) in [5.41, 5.74) is 0.698. The van der Waals surface area contributed by atoms with Gasteiger partial charge in [0.05, 0.1) is 6.54 Å². The molecule has 1 amide bonds. The molecule has 0 unspecified atom stereocenters. The van der Waals surface area contributed by atoms with E-state index >= 15 is 0 Å². The van der Waals surface area contributed by atoms with Crippen molar-refractivity contribution in [3.63, 3.8) is 0 Å². The van der Waals surface area contributed by atoms with Crippen molar-refractivity contribution in [2.24, 2.45) is 0 Å². The molecule has 0 radical (unpaired) electrons. The van der Waals surface area contributed by atoms with E-state index in [0.29, 0.717) is 12.2 Å². The third-order valence-corrected chi connectivity index (χ3v) is 1.35. The first-order chi connectivity index (χ1) is 6.22. The molecule has 0 aromatic carbocycles. The van der Waals surface area contributed by atoms with Crippen molar-refractivity contribution in [2.75, 3.05) is 0 Å². The van der Waals surface area contributed by atoms with Gasteiger partial charge in [-0.1, -0.05) is 11.1 Å². The van der Waals surface area contributed by atoms with E-state index in [0.717, 1.165) is 5.76 Å². The number of nitrogens with one attached hydrogen (secondary N) is 1. The number of rotatable bonds is 2. The molecule has 1 aromatic rings. The van der Waals surface area contributed by atoms with Gasteiger partial charge >= 0.3 is 0 Å². The van der Waals surface area contributed by atoms with Crippen LogP contribution in [0.15, 0.2) is 10.6 Å². The van der Waals surface area contributed by atoms with Crippen LogP contribution in [0.3, 0.4) is 0 Å². The van der Waals surface area contributed by atoms with Gasteiger partial charge in [0.1, 0.15) is 11.5 Å². The summed E-state index contributed by atoms with van der Waals surface area (Å²) in [6.07, 6.45) is 0. The minimum atomic E-state index is -0.303. The fourth-order valence-corrected chi connectivity index (χ4v) is 0.830. The Bertz CT molecular complexity index is 357. The number of carbonyl (C=O) groups is 1. The molecule has 1 rings (SSSR count). The second-order valence-corrected chi connectivity index (χ2v) is 2.49. The van der Waals surface area contributed by atoms with Crippen molar-refractivity contribution in [2.45, 2.75) is 20.4 Å². The molecule has 1 heterocycles. The van der Waals surface area contributed by atoms with E-state index in [2.05, 4.69) is 22.3 Å². The van der Waals surface area contributed by atoms with Gasteiger partial charge in [-0.2, -0.15) is 0 Å². The molecule has 13 heavy (non-hydrogen) atoms. The Morgan fingerprint density at radius 2 is 2.54 bits per heavy atom. The maximum Gasteiger partial charge on any atom is 0.296 e. The van der Waals surface area contributed by atoms with E-state index in [4.69, 9.17) is 4.52 Å². The lowest BCUT2D eigenvalue weighted by atomic mass is 10.4. The van der Waals surface area contributed by atoms with Crippen LogP contribution in [0.5, 0.6) is 0 Å². The predicted molar refractivity (Wildman–Crippen MR) is 46.5 cm³/mol. The zero-order valence-electron chi connectivity index (χ0n) is 7.55. The van der Waals surface area contributed by atoms with Gasteiger partial charge in [-0.05, 0) is 19.8 Å². The van der Waals surface area contributed by atoms with E-state index in [1.54, 1.807) is 19.9 Å². The van der Waals surface area contributed by atoms with Gasteiger partial charge in [0.15, 0.2) is 0 Å². The minimum absolute atomic E-state index is 0.303. The van der Waals surface area contributed by atoms with Crippen molar-refractivity contribution < 1.29 is 9.32 Å². The van der Waals surface area contributed by atoms with Gasteiger partial charge in [-0.15, -0.1) is 0 Å². The van der Waals surface area contributed by atoms with Gasteiger partial charge < -0.3 is 9.84 Å². The van der Waals surface area contributed by atoms with E-state index in [9.17, 15) is 4.79 Å². The summed E-state index contributed by atoms with van der Waals surface area (Å²) in [5, 5.41) is 6.29. The van der Waals surface area contributed by atoms with E-state index in [1.807, 2.05) is 0 Å². The van der Waals surface area contributed by atoms with E-state index in [-0.39, 0.29) is 5.91 Å². The second-order valence-electron chi connectivity index (χ2n) is 2.49. The lowest BCUT2D eigenvalue weighted by molar-refractivity contribution is -0.115. The van der Waals surface area contributed by atoms with Gasteiger partial charge in [0.25, 0.3) is 5.91 Å². The largest absolute Gasteiger partial charge is 0.361 e. The van der Waals surface area contributed by atoms with Crippen LogP contribution in [-0.2, 0) is 11.3 Å². The maximum absolute atomic E-state index is 10.9. The van der Waals surface area contributed by atoms with Gasteiger partial charge in [0.2, 0.25) is 0 Å². The zero-order chi connectivity index (χ0) is 9.68. The van der Waals surface area contributed by atoms with Crippen LogP contribution in [-0.4, -0.2) is 11.1 Å². The molecule has 4 nitrogen and oxygen atoms in total. The van der Waals surface area contributed by atoms with Crippen LogP contribution >= 0.6 is 0 Å². The Balaban J connectivity index is 2.42.